The highest BCUT2D eigenvalue weighted by Gasteiger charge is 2.29. The van der Waals surface area contributed by atoms with Crippen molar-refractivity contribution < 1.29 is 14.3 Å². The van der Waals surface area contributed by atoms with Crippen LogP contribution in [0.25, 0.3) is 0 Å². The number of carbonyl (C=O) groups excluding carboxylic acids is 1. The van der Waals surface area contributed by atoms with Crippen molar-refractivity contribution in [3.8, 4) is 0 Å². The Hall–Kier alpha value is -1.89. The molecule has 2 N–H and O–H groups in total. The lowest BCUT2D eigenvalue weighted by molar-refractivity contribution is -0.0449. The number of morpholine rings is 1. The molecule has 0 aromatic carbocycles. The summed E-state index contributed by atoms with van der Waals surface area (Å²) in [5, 5.41) is 7.79. The molecule has 0 aliphatic carbocycles. The van der Waals surface area contributed by atoms with Gasteiger partial charge in [0.25, 0.3) is 0 Å². The summed E-state index contributed by atoms with van der Waals surface area (Å²) in [6, 6.07) is 3.42. The lowest BCUT2D eigenvalue weighted by Crippen LogP contribution is -2.44. The Labute approximate surface area is 118 Å². The van der Waals surface area contributed by atoms with Crippen LogP contribution in [-0.2, 0) is 9.47 Å². The molecule has 1 aromatic heterocycles. The highest BCUT2D eigenvalue weighted by Crippen LogP contribution is 2.22. The summed E-state index contributed by atoms with van der Waals surface area (Å²) < 4.78 is 11.0. The molecule has 20 heavy (non-hydrogen) atoms. The second-order valence-corrected chi connectivity index (χ2v) is 5.67. The average Bonchev–Trinajstić information content (AvgIpc) is 2.38. The number of amides is 1. The fourth-order valence-electron chi connectivity index (χ4n) is 1.85. The zero-order chi connectivity index (χ0) is 14.8. The molecule has 1 aromatic rings. The Bertz CT molecular complexity index is 469. The Morgan fingerprint density at radius 1 is 1.45 bits per heavy atom. The Morgan fingerprint density at radius 3 is 2.80 bits per heavy atom. The van der Waals surface area contributed by atoms with Gasteiger partial charge < -0.3 is 20.1 Å². The highest BCUT2D eigenvalue weighted by molar-refractivity contribution is 5.68. The van der Waals surface area contributed by atoms with Crippen molar-refractivity contribution in [2.75, 3.05) is 25.4 Å². The molecule has 1 atom stereocenters. The van der Waals surface area contributed by atoms with Crippen molar-refractivity contribution in [1.82, 2.24) is 15.1 Å². The molecule has 110 valence electrons. The number of anilines is 1. The molecule has 0 radical (unpaired) electrons. The molecule has 0 bridgehead atoms. The number of hydrogen-bond acceptors (Lipinski definition) is 6. The molecule has 0 saturated carbocycles. The first-order valence-electron chi connectivity index (χ1n) is 6.54. The standard InChI is InChI=1S/C13H20N4O3/c1-13(2,3)20-12(18)17-6-7-19-10(8-17)9-4-5-11(14)16-15-9/h4-5,10H,6-8H2,1-3H3,(H2,14,16). The maximum absolute atomic E-state index is 12.0. The predicted molar refractivity (Wildman–Crippen MR) is 72.9 cm³/mol. The van der Waals surface area contributed by atoms with Crippen molar-refractivity contribution in [3.63, 3.8) is 0 Å². The number of nitrogens with zero attached hydrogens (tertiary/aromatic N) is 3. The minimum atomic E-state index is -0.508. The minimum Gasteiger partial charge on any atom is -0.444 e. The van der Waals surface area contributed by atoms with Crippen molar-refractivity contribution in [1.29, 1.82) is 0 Å². The predicted octanol–water partition coefficient (Wildman–Crippen LogP) is 1.37. The van der Waals surface area contributed by atoms with Crippen LogP contribution in [0.5, 0.6) is 0 Å². The van der Waals surface area contributed by atoms with E-state index in [0.29, 0.717) is 31.2 Å². The molecule has 0 spiro atoms. The zero-order valence-electron chi connectivity index (χ0n) is 12.0. The van der Waals surface area contributed by atoms with E-state index in [1.165, 1.54) is 0 Å². The van der Waals surface area contributed by atoms with Gasteiger partial charge in [-0.2, -0.15) is 5.10 Å². The van der Waals surface area contributed by atoms with E-state index in [0.717, 1.165) is 0 Å². The molecule has 2 heterocycles. The highest BCUT2D eigenvalue weighted by atomic mass is 16.6. The number of carbonyl (C=O) groups is 1. The molecule has 1 saturated heterocycles. The molecule has 7 nitrogen and oxygen atoms in total. The van der Waals surface area contributed by atoms with Gasteiger partial charge in [-0.1, -0.05) is 0 Å². The number of nitrogens with two attached hydrogens (primary N) is 1. The lowest BCUT2D eigenvalue weighted by atomic mass is 10.2. The average molecular weight is 280 g/mol. The van der Waals surface area contributed by atoms with Crippen LogP contribution < -0.4 is 5.73 Å². The second-order valence-electron chi connectivity index (χ2n) is 5.67. The van der Waals surface area contributed by atoms with Crippen molar-refractivity contribution in [3.05, 3.63) is 17.8 Å². The molecule has 7 heteroatoms. The largest absolute Gasteiger partial charge is 0.444 e. The maximum atomic E-state index is 12.0. The van der Waals surface area contributed by atoms with Crippen molar-refractivity contribution in [2.24, 2.45) is 0 Å². The summed E-state index contributed by atoms with van der Waals surface area (Å²) in [5.74, 6) is 0.355. The number of rotatable bonds is 1. The summed E-state index contributed by atoms with van der Waals surface area (Å²) >= 11 is 0. The molecular weight excluding hydrogens is 260 g/mol. The third-order valence-electron chi connectivity index (χ3n) is 2.75. The molecule has 1 aliphatic rings. The van der Waals surface area contributed by atoms with Gasteiger partial charge in [-0.25, -0.2) is 4.79 Å². The van der Waals surface area contributed by atoms with Gasteiger partial charge in [0.1, 0.15) is 17.5 Å². The van der Waals surface area contributed by atoms with Gasteiger partial charge in [0.05, 0.1) is 18.8 Å². The molecule has 1 unspecified atom stereocenters. The van der Waals surface area contributed by atoms with Crippen LogP contribution in [0.3, 0.4) is 0 Å². The van der Waals surface area contributed by atoms with Crippen LogP contribution in [-0.4, -0.2) is 46.5 Å². The number of ether oxygens (including phenoxy) is 2. The summed E-state index contributed by atoms with van der Waals surface area (Å²) in [6.07, 6.45) is -0.640. The Kier molecular flexibility index (Phi) is 4.08. The van der Waals surface area contributed by atoms with Gasteiger partial charge in [0.15, 0.2) is 0 Å². The topological polar surface area (TPSA) is 90.6 Å². The van der Waals surface area contributed by atoms with Gasteiger partial charge in [-0.05, 0) is 32.9 Å². The van der Waals surface area contributed by atoms with Crippen LogP contribution in [0, 0.1) is 0 Å². The summed E-state index contributed by atoms with van der Waals surface area (Å²) in [5.41, 5.74) is 5.65. The monoisotopic (exact) mass is 280 g/mol. The van der Waals surface area contributed by atoms with Gasteiger partial charge in [-0.15, -0.1) is 5.10 Å². The molecular formula is C13H20N4O3. The smallest absolute Gasteiger partial charge is 0.410 e. The SMILES string of the molecule is CC(C)(C)OC(=O)N1CCOC(c2ccc(N)nn2)C1. The molecule has 1 fully saturated rings. The Morgan fingerprint density at radius 2 is 2.20 bits per heavy atom. The maximum Gasteiger partial charge on any atom is 0.410 e. The molecule has 1 aliphatic heterocycles. The van der Waals surface area contributed by atoms with Crippen molar-refractivity contribution in [2.45, 2.75) is 32.5 Å². The first kappa shape index (κ1) is 14.5. The van der Waals surface area contributed by atoms with Crippen LogP contribution in [0.2, 0.25) is 0 Å². The van der Waals surface area contributed by atoms with Crippen molar-refractivity contribution >= 4 is 11.9 Å². The fourth-order valence-corrected chi connectivity index (χ4v) is 1.85. The zero-order valence-corrected chi connectivity index (χ0v) is 12.0. The van der Waals surface area contributed by atoms with E-state index in [2.05, 4.69) is 10.2 Å². The Balaban J connectivity index is 2.01. The molecule has 1 amide bonds. The summed E-state index contributed by atoms with van der Waals surface area (Å²) in [7, 11) is 0. The number of hydrogen-bond donors (Lipinski definition) is 1. The van der Waals surface area contributed by atoms with Crippen LogP contribution in [0.1, 0.15) is 32.6 Å². The quantitative estimate of drug-likeness (QED) is 0.835. The normalized spacial score (nSPS) is 19.8. The first-order valence-corrected chi connectivity index (χ1v) is 6.54. The van der Waals surface area contributed by atoms with Gasteiger partial charge >= 0.3 is 6.09 Å². The number of nitrogen functional groups attached to an aromatic ring is 1. The second kappa shape index (κ2) is 5.62. The van der Waals surface area contributed by atoms with E-state index in [1.807, 2.05) is 20.8 Å². The minimum absolute atomic E-state index is 0.302. The van der Waals surface area contributed by atoms with E-state index in [4.69, 9.17) is 15.2 Å². The van der Waals surface area contributed by atoms with Gasteiger partial charge in [0.2, 0.25) is 0 Å². The summed E-state index contributed by atoms with van der Waals surface area (Å²) in [6.45, 7) is 6.87. The lowest BCUT2D eigenvalue weighted by Gasteiger charge is -2.33. The third-order valence-corrected chi connectivity index (χ3v) is 2.75. The number of aromatic nitrogens is 2. The van der Waals surface area contributed by atoms with E-state index < -0.39 is 5.60 Å². The van der Waals surface area contributed by atoms with Crippen LogP contribution in [0.4, 0.5) is 10.6 Å². The van der Waals surface area contributed by atoms with Gasteiger partial charge in [-0.3, -0.25) is 0 Å². The van der Waals surface area contributed by atoms with E-state index in [9.17, 15) is 4.79 Å². The van der Waals surface area contributed by atoms with E-state index >= 15 is 0 Å². The fraction of sp³-hybridized carbons (Fsp3) is 0.615. The molecule has 2 rings (SSSR count). The third kappa shape index (κ3) is 3.80. The van der Waals surface area contributed by atoms with Gasteiger partial charge in [0, 0.05) is 6.54 Å². The summed E-state index contributed by atoms with van der Waals surface area (Å²) in [4.78, 5) is 13.7. The first-order chi connectivity index (χ1) is 9.35. The van der Waals surface area contributed by atoms with E-state index in [1.54, 1.807) is 17.0 Å². The van der Waals surface area contributed by atoms with Crippen LogP contribution in [0.15, 0.2) is 12.1 Å². The van der Waals surface area contributed by atoms with E-state index in [-0.39, 0.29) is 12.2 Å². The van der Waals surface area contributed by atoms with Crippen LogP contribution >= 0.6 is 0 Å².